The van der Waals surface area contributed by atoms with Crippen molar-refractivity contribution < 1.29 is 15.0 Å². The van der Waals surface area contributed by atoms with Crippen molar-refractivity contribution in [3.8, 4) is 0 Å². The molecule has 1 heterocycles. The van der Waals surface area contributed by atoms with Gasteiger partial charge in [0.2, 0.25) is 5.96 Å². The molecule has 3 N–H and O–H groups in total. The van der Waals surface area contributed by atoms with Crippen LogP contribution in [0.5, 0.6) is 0 Å². The number of carbonyl (C=O) groups is 1. The van der Waals surface area contributed by atoms with Gasteiger partial charge in [-0.15, -0.1) is 0 Å². The number of hydrogen-bond donors (Lipinski definition) is 3. The Balaban J connectivity index is 2.58. The Morgan fingerprint density at radius 2 is 2.29 bits per heavy atom. The van der Waals surface area contributed by atoms with E-state index in [0.29, 0.717) is 5.96 Å². The van der Waals surface area contributed by atoms with Crippen LogP contribution in [0.1, 0.15) is 6.42 Å². The molecule has 0 aromatic rings. The minimum atomic E-state index is -0.893. The van der Waals surface area contributed by atoms with Gasteiger partial charge in [0.25, 0.3) is 5.91 Å². The zero-order valence-corrected chi connectivity index (χ0v) is 8.27. The second-order valence-electron chi connectivity index (χ2n) is 3.42. The Kier molecular flexibility index (Phi) is 3.43. The number of hydrogen-bond acceptors (Lipinski definition) is 5. The Bertz CT molecular complexity index is 252. The third-order valence-corrected chi connectivity index (χ3v) is 1.95. The predicted molar refractivity (Wildman–Crippen MR) is 50.8 cm³/mol. The molecule has 2 atom stereocenters. The summed E-state index contributed by atoms with van der Waals surface area (Å²) in [4.78, 5) is 17.0. The van der Waals surface area contributed by atoms with Gasteiger partial charge < -0.3 is 15.1 Å². The molecule has 0 saturated heterocycles. The molecule has 0 aromatic carbocycles. The van der Waals surface area contributed by atoms with Crippen LogP contribution in [0.15, 0.2) is 4.99 Å². The van der Waals surface area contributed by atoms with E-state index in [1.165, 1.54) is 0 Å². The molecule has 0 bridgehead atoms. The van der Waals surface area contributed by atoms with Crippen LogP contribution in [-0.4, -0.2) is 59.8 Å². The van der Waals surface area contributed by atoms with Crippen molar-refractivity contribution in [2.24, 2.45) is 4.99 Å². The zero-order valence-electron chi connectivity index (χ0n) is 8.27. The lowest BCUT2D eigenvalue weighted by molar-refractivity contribution is -0.120. The Morgan fingerprint density at radius 3 is 2.71 bits per heavy atom. The number of nitrogens with one attached hydrogen (secondary N) is 1. The van der Waals surface area contributed by atoms with Crippen LogP contribution in [0.2, 0.25) is 0 Å². The minimum Gasteiger partial charge on any atom is -0.394 e. The first kappa shape index (κ1) is 10.9. The normalized spacial score (nSPS) is 23.0. The Hall–Kier alpha value is -1.14. The smallest absolute Gasteiger partial charge is 0.251 e. The van der Waals surface area contributed by atoms with Gasteiger partial charge in [0.15, 0.2) is 0 Å². The number of aliphatic hydroxyl groups is 2. The summed E-state index contributed by atoms with van der Waals surface area (Å²) in [6, 6.07) is -0.588. The maximum atomic E-state index is 11.3. The lowest BCUT2D eigenvalue weighted by atomic mass is 10.1. The van der Waals surface area contributed by atoms with Crippen LogP contribution in [-0.2, 0) is 4.79 Å². The van der Waals surface area contributed by atoms with Gasteiger partial charge in [-0.2, -0.15) is 0 Å². The largest absolute Gasteiger partial charge is 0.394 e. The molecule has 80 valence electrons. The molecule has 1 aliphatic rings. The molecule has 2 unspecified atom stereocenters. The predicted octanol–water partition coefficient (Wildman–Crippen LogP) is -1.85. The molecule has 14 heavy (non-hydrogen) atoms. The molecular formula is C8H15N3O3. The van der Waals surface area contributed by atoms with Gasteiger partial charge in [0, 0.05) is 20.5 Å². The first-order valence-electron chi connectivity index (χ1n) is 4.39. The van der Waals surface area contributed by atoms with Gasteiger partial charge >= 0.3 is 0 Å². The van der Waals surface area contributed by atoms with Gasteiger partial charge in [0.1, 0.15) is 6.04 Å². The number of carbonyl (C=O) groups excluding carboxylic acids is 1. The van der Waals surface area contributed by atoms with Crippen LogP contribution in [0.3, 0.4) is 0 Å². The molecule has 0 aromatic heterocycles. The summed E-state index contributed by atoms with van der Waals surface area (Å²) in [5, 5.41) is 20.3. The van der Waals surface area contributed by atoms with Crippen molar-refractivity contribution in [1.29, 1.82) is 0 Å². The minimum absolute atomic E-state index is 0.152. The van der Waals surface area contributed by atoms with E-state index >= 15 is 0 Å². The number of aliphatic hydroxyl groups excluding tert-OH is 2. The lowest BCUT2D eigenvalue weighted by Gasteiger charge is -2.09. The third-order valence-electron chi connectivity index (χ3n) is 1.95. The summed E-state index contributed by atoms with van der Waals surface area (Å²) < 4.78 is 0. The van der Waals surface area contributed by atoms with Crippen molar-refractivity contribution in [3.05, 3.63) is 0 Å². The average Bonchev–Trinajstić information content (AvgIpc) is 2.48. The fourth-order valence-corrected chi connectivity index (χ4v) is 1.15. The summed E-state index contributed by atoms with van der Waals surface area (Å²) in [5.41, 5.74) is 0. The van der Waals surface area contributed by atoms with Crippen LogP contribution >= 0.6 is 0 Å². The standard InChI is InChI=1S/C8H15N3O3/c1-11(2)8-9-6(7(14)10-8)3-5(13)4-12/h5-6,12-13H,3-4H2,1-2H3,(H,9,10,14). The van der Waals surface area contributed by atoms with E-state index in [2.05, 4.69) is 10.3 Å². The molecule has 1 aliphatic heterocycles. The van der Waals surface area contributed by atoms with E-state index < -0.39 is 12.1 Å². The number of aliphatic imine (C=N–C) groups is 1. The van der Waals surface area contributed by atoms with Crippen LogP contribution < -0.4 is 5.32 Å². The molecule has 6 nitrogen and oxygen atoms in total. The maximum absolute atomic E-state index is 11.3. The van der Waals surface area contributed by atoms with Crippen LogP contribution in [0, 0.1) is 0 Å². The summed E-state index contributed by atoms with van der Waals surface area (Å²) in [7, 11) is 3.54. The molecule has 0 aliphatic carbocycles. The van der Waals surface area contributed by atoms with E-state index in [1.807, 2.05) is 0 Å². The molecule has 1 rings (SSSR count). The van der Waals surface area contributed by atoms with Gasteiger partial charge in [-0.3, -0.25) is 10.1 Å². The number of amides is 1. The molecule has 0 radical (unpaired) electrons. The molecule has 0 saturated carbocycles. The summed E-state index contributed by atoms with van der Waals surface area (Å²) in [6.45, 7) is -0.351. The van der Waals surface area contributed by atoms with Crippen LogP contribution in [0.4, 0.5) is 0 Å². The molecule has 0 fully saturated rings. The second-order valence-corrected chi connectivity index (χ2v) is 3.42. The molecule has 0 spiro atoms. The Morgan fingerprint density at radius 1 is 1.64 bits per heavy atom. The maximum Gasteiger partial charge on any atom is 0.251 e. The van der Waals surface area contributed by atoms with Crippen molar-refractivity contribution in [3.63, 3.8) is 0 Å². The number of guanidine groups is 1. The number of nitrogens with zero attached hydrogens (tertiary/aromatic N) is 2. The van der Waals surface area contributed by atoms with Crippen molar-refractivity contribution in [2.45, 2.75) is 18.6 Å². The first-order chi connectivity index (χ1) is 6.54. The molecule has 1 amide bonds. The highest BCUT2D eigenvalue weighted by Gasteiger charge is 2.28. The van der Waals surface area contributed by atoms with E-state index in [1.54, 1.807) is 19.0 Å². The average molecular weight is 201 g/mol. The van der Waals surface area contributed by atoms with E-state index in [4.69, 9.17) is 10.2 Å². The van der Waals surface area contributed by atoms with E-state index in [0.717, 1.165) is 0 Å². The van der Waals surface area contributed by atoms with Crippen LogP contribution in [0.25, 0.3) is 0 Å². The highest BCUT2D eigenvalue weighted by Crippen LogP contribution is 2.08. The summed E-state index contributed by atoms with van der Waals surface area (Å²) in [5.74, 6) is 0.256. The van der Waals surface area contributed by atoms with Gasteiger partial charge in [0.05, 0.1) is 12.7 Å². The van der Waals surface area contributed by atoms with Gasteiger partial charge in [-0.1, -0.05) is 0 Å². The quantitative estimate of drug-likeness (QED) is 0.500. The fourth-order valence-electron chi connectivity index (χ4n) is 1.15. The van der Waals surface area contributed by atoms with E-state index in [-0.39, 0.29) is 18.9 Å². The number of rotatable bonds is 3. The summed E-state index contributed by atoms with van der Waals surface area (Å²) >= 11 is 0. The highest BCUT2D eigenvalue weighted by molar-refractivity contribution is 6.04. The van der Waals surface area contributed by atoms with Gasteiger partial charge in [-0.25, -0.2) is 4.99 Å². The topological polar surface area (TPSA) is 85.2 Å². The first-order valence-corrected chi connectivity index (χ1v) is 4.39. The molecule has 6 heteroatoms. The van der Waals surface area contributed by atoms with E-state index in [9.17, 15) is 4.79 Å². The Labute approximate surface area is 82.2 Å². The van der Waals surface area contributed by atoms with Crippen molar-refractivity contribution in [2.75, 3.05) is 20.7 Å². The monoisotopic (exact) mass is 201 g/mol. The van der Waals surface area contributed by atoms with Crippen molar-refractivity contribution >= 4 is 11.9 Å². The third kappa shape index (κ3) is 2.43. The molecular weight excluding hydrogens is 186 g/mol. The SMILES string of the molecule is CN(C)C1=NC(CC(O)CO)C(=O)N1. The summed E-state index contributed by atoms with van der Waals surface area (Å²) in [6.07, 6.45) is -0.740. The zero-order chi connectivity index (χ0) is 10.7. The highest BCUT2D eigenvalue weighted by atomic mass is 16.3. The second kappa shape index (κ2) is 4.39. The van der Waals surface area contributed by atoms with Gasteiger partial charge in [-0.05, 0) is 0 Å². The van der Waals surface area contributed by atoms with Crippen molar-refractivity contribution in [1.82, 2.24) is 10.2 Å². The lowest BCUT2D eigenvalue weighted by Crippen LogP contribution is -2.37. The fraction of sp³-hybridized carbons (Fsp3) is 0.750.